The number of nitrogen functional groups attached to an aromatic ring is 1. The summed E-state index contributed by atoms with van der Waals surface area (Å²) >= 11 is 6.06. The molecule has 0 aromatic heterocycles. The maximum atomic E-state index is 6.06. The zero-order valence-electron chi connectivity index (χ0n) is 9.54. The van der Waals surface area contributed by atoms with Crippen LogP contribution in [0.4, 0.5) is 5.69 Å². The standard InChI is InChI=1S/C15H14ClN/c16-14-9-13(6-7-15(14)17)12-5-4-10-2-1-3-11(10)8-12/h4-9H,1-3,17H2. The molecule has 2 aromatic rings. The van der Waals surface area contributed by atoms with Gasteiger partial charge in [0.15, 0.2) is 0 Å². The molecule has 2 heteroatoms. The zero-order chi connectivity index (χ0) is 11.8. The molecule has 0 radical (unpaired) electrons. The average Bonchev–Trinajstić information content (AvgIpc) is 2.79. The predicted octanol–water partition coefficient (Wildman–Crippen LogP) is 4.08. The smallest absolute Gasteiger partial charge is 0.0641 e. The highest BCUT2D eigenvalue weighted by molar-refractivity contribution is 6.33. The zero-order valence-corrected chi connectivity index (χ0v) is 10.3. The molecule has 0 unspecified atom stereocenters. The molecule has 17 heavy (non-hydrogen) atoms. The molecule has 1 nitrogen and oxygen atoms in total. The molecule has 1 aliphatic carbocycles. The van der Waals surface area contributed by atoms with Crippen LogP contribution < -0.4 is 5.73 Å². The van der Waals surface area contributed by atoms with E-state index in [0.717, 1.165) is 5.56 Å². The van der Waals surface area contributed by atoms with Gasteiger partial charge in [0.2, 0.25) is 0 Å². The fourth-order valence-corrected chi connectivity index (χ4v) is 2.64. The molecule has 0 amide bonds. The van der Waals surface area contributed by atoms with Crippen LogP contribution in [0.25, 0.3) is 11.1 Å². The molecule has 0 saturated carbocycles. The molecule has 3 rings (SSSR count). The van der Waals surface area contributed by atoms with Crippen molar-refractivity contribution in [1.82, 2.24) is 0 Å². The number of anilines is 1. The Bertz CT molecular complexity index is 575. The number of hydrogen-bond donors (Lipinski definition) is 1. The molecule has 0 bridgehead atoms. The quantitative estimate of drug-likeness (QED) is 0.751. The van der Waals surface area contributed by atoms with Crippen LogP contribution in [0.15, 0.2) is 36.4 Å². The van der Waals surface area contributed by atoms with Crippen LogP contribution in [0.5, 0.6) is 0 Å². The molecule has 0 aliphatic heterocycles. The monoisotopic (exact) mass is 243 g/mol. The van der Waals surface area contributed by atoms with Crippen molar-refractivity contribution in [3.8, 4) is 11.1 Å². The summed E-state index contributed by atoms with van der Waals surface area (Å²) < 4.78 is 0. The summed E-state index contributed by atoms with van der Waals surface area (Å²) in [6.07, 6.45) is 3.70. The van der Waals surface area contributed by atoms with Gasteiger partial charge in [-0.2, -0.15) is 0 Å². The summed E-state index contributed by atoms with van der Waals surface area (Å²) in [7, 11) is 0. The summed E-state index contributed by atoms with van der Waals surface area (Å²) in [4.78, 5) is 0. The first-order chi connectivity index (χ1) is 8.24. The fraction of sp³-hybridized carbons (Fsp3) is 0.200. The second-order valence-corrected chi connectivity index (χ2v) is 4.98. The van der Waals surface area contributed by atoms with Gasteiger partial charge in [0.25, 0.3) is 0 Å². The second-order valence-electron chi connectivity index (χ2n) is 4.57. The first kappa shape index (κ1) is 10.7. The summed E-state index contributed by atoms with van der Waals surface area (Å²) in [6.45, 7) is 0. The molecule has 1 aliphatic rings. The van der Waals surface area contributed by atoms with E-state index >= 15 is 0 Å². The Hall–Kier alpha value is -1.47. The summed E-state index contributed by atoms with van der Waals surface area (Å²) in [5.41, 5.74) is 11.7. The number of benzene rings is 2. The van der Waals surface area contributed by atoms with Crippen molar-refractivity contribution in [2.24, 2.45) is 0 Å². The molecule has 0 spiro atoms. The average molecular weight is 244 g/mol. The fourth-order valence-electron chi connectivity index (χ4n) is 2.46. The third-order valence-corrected chi connectivity index (χ3v) is 3.76. The van der Waals surface area contributed by atoms with Gasteiger partial charge in [-0.3, -0.25) is 0 Å². The summed E-state index contributed by atoms with van der Waals surface area (Å²) in [5.74, 6) is 0. The van der Waals surface area contributed by atoms with E-state index in [0.29, 0.717) is 10.7 Å². The van der Waals surface area contributed by atoms with Crippen molar-refractivity contribution in [3.05, 3.63) is 52.5 Å². The number of hydrogen-bond acceptors (Lipinski definition) is 1. The van der Waals surface area contributed by atoms with Gasteiger partial charge in [-0.05, 0) is 53.6 Å². The second kappa shape index (κ2) is 4.08. The molecule has 2 N–H and O–H groups in total. The predicted molar refractivity (Wildman–Crippen MR) is 73.3 cm³/mol. The van der Waals surface area contributed by atoms with Gasteiger partial charge in [-0.25, -0.2) is 0 Å². The Labute approximate surface area is 106 Å². The van der Waals surface area contributed by atoms with Gasteiger partial charge in [0.05, 0.1) is 10.7 Å². The number of rotatable bonds is 1. The highest BCUT2D eigenvalue weighted by Crippen LogP contribution is 2.30. The maximum Gasteiger partial charge on any atom is 0.0641 e. The van der Waals surface area contributed by atoms with Crippen LogP contribution in [-0.2, 0) is 12.8 Å². The van der Waals surface area contributed by atoms with Gasteiger partial charge >= 0.3 is 0 Å². The van der Waals surface area contributed by atoms with Gasteiger partial charge < -0.3 is 5.73 Å². The van der Waals surface area contributed by atoms with Crippen LogP contribution in [0, 0.1) is 0 Å². The Balaban J connectivity index is 2.06. The lowest BCUT2D eigenvalue weighted by atomic mass is 10.0. The van der Waals surface area contributed by atoms with Crippen LogP contribution >= 0.6 is 11.6 Å². The van der Waals surface area contributed by atoms with Crippen molar-refractivity contribution in [2.75, 3.05) is 5.73 Å². The molecular weight excluding hydrogens is 230 g/mol. The summed E-state index contributed by atoms with van der Waals surface area (Å²) in [6, 6.07) is 12.5. The van der Waals surface area contributed by atoms with Crippen molar-refractivity contribution >= 4 is 17.3 Å². The third kappa shape index (κ3) is 1.91. The topological polar surface area (TPSA) is 26.0 Å². The third-order valence-electron chi connectivity index (χ3n) is 3.43. The van der Waals surface area contributed by atoms with Crippen LogP contribution in [0.1, 0.15) is 17.5 Å². The minimum absolute atomic E-state index is 0.628. The number of halogens is 1. The summed E-state index contributed by atoms with van der Waals surface area (Å²) in [5, 5.41) is 0.628. The maximum absolute atomic E-state index is 6.06. The van der Waals surface area contributed by atoms with E-state index in [2.05, 4.69) is 18.2 Å². The molecule has 86 valence electrons. The molecule has 0 atom stereocenters. The molecule has 0 fully saturated rings. The number of aryl methyl sites for hydroxylation is 2. The van der Waals surface area contributed by atoms with E-state index in [1.165, 1.54) is 36.0 Å². The molecule has 2 aromatic carbocycles. The van der Waals surface area contributed by atoms with Gasteiger partial charge in [-0.15, -0.1) is 0 Å². The minimum atomic E-state index is 0.628. The van der Waals surface area contributed by atoms with Crippen molar-refractivity contribution in [2.45, 2.75) is 19.3 Å². The SMILES string of the molecule is Nc1ccc(-c2ccc3c(c2)CCC3)cc1Cl. The van der Waals surface area contributed by atoms with Gasteiger partial charge in [-0.1, -0.05) is 35.9 Å². The Morgan fingerprint density at radius 1 is 0.882 bits per heavy atom. The van der Waals surface area contributed by atoms with E-state index in [9.17, 15) is 0 Å². The normalized spacial score (nSPS) is 13.7. The van der Waals surface area contributed by atoms with E-state index in [1.54, 1.807) is 0 Å². The number of nitrogens with two attached hydrogens (primary N) is 1. The van der Waals surface area contributed by atoms with Crippen molar-refractivity contribution < 1.29 is 0 Å². The van der Waals surface area contributed by atoms with Crippen LogP contribution in [0.2, 0.25) is 5.02 Å². The Morgan fingerprint density at radius 2 is 1.59 bits per heavy atom. The lowest BCUT2D eigenvalue weighted by molar-refractivity contribution is 0.912. The lowest BCUT2D eigenvalue weighted by Crippen LogP contribution is -1.88. The highest BCUT2D eigenvalue weighted by atomic mass is 35.5. The largest absolute Gasteiger partial charge is 0.398 e. The van der Waals surface area contributed by atoms with E-state index in [4.69, 9.17) is 17.3 Å². The Morgan fingerprint density at radius 3 is 2.41 bits per heavy atom. The molecule has 0 saturated heterocycles. The van der Waals surface area contributed by atoms with Crippen LogP contribution in [0.3, 0.4) is 0 Å². The molecule has 0 heterocycles. The Kier molecular flexibility index (Phi) is 2.56. The molecular formula is C15H14ClN. The van der Waals surface area contributed by atoms with Gasteiger partial charge in [0.1, 0.15) is 0 Å². The van der Waals surface area contributed by atoms with Gasteiger partial charge in [0, 0.05) is 0 Å². The van der Waals surface area contributed by atoms with E-state index < -0.39 is 0 Å². The van der Waals surface area contributed by atoms with Crippen LogP contribution in [-0.4, -0.2) is 0 Å². The first-order valence-corrected chi connectivity index (χ1v) is 6.29. The first-order valence-electron chi connectivity index (χ1n) is 5.91. The van der Waals surface area contributed by atoms with Crippen molar-refractivity contribution in [3.63, 3.8) is 0 Å². The van der Waals surface area contributed by atoms with Crippen molar-refractivity contribution in [1.29, 1.82) is 0 Å². The minimum Gasteiger partial charge on any atom is -0.398 e. The number of fused-ring (bicyclic) bond motifs is 1. The lowest BCUT2D eigenvalue weighted by Gasteiger charge is -2.07. The highest BCUT2D eigenvalue weighted by Gasteiger charge is 2.11. The van der Waals surface area contributed by atoms with E-state index in [-0.39, 0.29) is 0 Å². The van der Waals surface area contributed by atoms with E-state index in [1.807, 2.05) is 18.2 Å².